The van der Waals surface area contributed by atoms with E-state index < -0.39 is 0 Å². The summed E-state index contributed by atoms with van der Waals surface area (Å²) in [5.41, 5.74) is 1.26. The Kier molecular flexibility index (Phi) is 6.31. The molecule has 0 radical (unpaired) electrons. The number of nitrogens with one attached hydrogen (secondary N) is 2. The van der Waals surface area contributed by atoms with E-state index in [0.29, 0.717) is 6.04 Å². The van der Waals surface area contributed by atoms with Gasteiger partial charge in [-0.15, -0.1) is 11.3 Å². The van der Waals surface area contributed by atoms with Crippen LogP contribution in [0.2, 0.25) is 0 Å². The summed E-state index contributed by atoms with van der Waals surface area (Å²) < 4.78 is 1.15. The molecule has 0 saturated carbocycles. The first-order valence-corrected chi connectivity index (χ1v) is 10.1. The number of para-hydroxylation sites is 1. The van der Waals surface area contributed by atoms with Gasteiger partial charge in [-0.3, -0.25) is 4.99 Å². The largest absolute Gasteiger partial charge is 0.368 e. The average Bonchev–Trinajstić information content (AvgIpc) is 3.23. The van der Waals surface area contributed by atoms with Crippen molar-refractivity contribution in [2.75, 3.05) is 31.6 Å². The monoisotopic (exact) mass is 421 g/mol. The van der Waals surface area contributed by atoms with E-state index in [1.165, 1.54) is 15.6 Å². The highest BCUT2D eigenvalue weighted by Gasteiger charge is 2.24. The molecule has 2 aromatic rings. The van der Waals surface area contributed by atoms with Gasteiger partial charge in [0.25, 0.3) is 0 Å². The minimum absolute atomic E-state index is 0.403. The predicted octanol–water partition coefficient (Wildman–Crippen LogP) is 3.20. The van der Waals surface area contributed by atoms with Crippen LogP contribution < -0.4 is 15.5 Å². The Morgan fingerprint density at radius 3 is 3.00 bits per heavy atom. The van der Waals surface area contributed by atoms with Crippen molar-refractivity contribution in [2.24, 2.45) is 4.99 Å². The van der Waals surface area contributed by atoms with Gasteiger partial charge in [-0.25, -0.2) is 4.98 Å². The van der Waals surface area contributed by atoms with Crippen LogP contribution in [0.3, 0.4) is 0 Å². The molecule has 1 fully saturated rings. The smallest absolute Gasteiger partial charge is 0.191 e. The van der Waals surface area contributed by atoms with Crippen LogP contribution in [0.4, 0.5) is 5.69 Å². The number of benzene rings is 1. The average molecular weight is 422 g/mol. The fourth-order valence-electron chi connectivity index (χ4n) is 3.00. The van der Waals surface area contributed by atoms with Gasteiger partial charge in [0.2, 0.25) is 0 Å². The molecule has 2 heterocycles. The van der Waals surface area contributed by atoms with Crippen LogP contribution in [-0.2, 0) is 6.42 Å². The number of guanidine groups is 1. The molecule has 7 heteroatoms. The number of thiazole rings is 1. The first-order valence-electron chi connectivity index (χ1n) is 8.53. The van der Waals surface area contributed by atoms with E-state index in [-0.39, 0.29) is 0 Å². The van der Waals surface area contributed by atoms with Gasteiger partial charge in [-0.05, 0) is 41.4 Å². The molecule has 1 aliphatic rings. The Labute approximate surface area is 161 Å². The van der Waals surface area contributed by atoms with Gasteiger partial charge in [-0.1, -0.05) is 12.1 Å². The summed E-state index contributed by atoms with van der Waals surface area (Å²) in [6.45, 7) is 4.96. The van der Waals surface area contributed by atoms with E-state index in [1.54, 1.807) is 11.3 Å². The number of hydrogen-bond acceptors (Lipinski definition) is 4. The van der Waals surface area contributed by atoms with Crippen LogP contribution in [0.1, 0.15) is 16.3 Å². The summed E-state index contributed by atoms with van der Waals surface area (Å²) in [7, 11) is 1.82. The van der Waals surface area contributed by atoms with Crippen LogP contribution in [0, 0.1) is 6.92 Å². The maximum atomic E-state index is 4.40. The van der Waals surface area contributed by atoms with Crippen LogP contribution >= 0.6 is 27.3 Å². The zero-order valence-electron chi connectivity index (χ0n) is 14.6. The van der Waals surface area contributed by atoms with Gasteiger partial charge in [0, 0.05) is 54.7 Å². The second-order valence-electron chi connectivity index (χ2n) is 6.14. The number of halogens is 1. The third-order valence-electron chi connectivity index (χ3n) is 4.25. The van der Waals surface area contributed by atoms with Crippen LogP contribution in [0.5, 0.6) is 0 Å². The summed E-state index contributed by atoms with van der Waals surface area (Å²) in [5.74, 6) is 0.868. The Morgan fingerprint density at radius 1 is 1.44 bits per heavy atom. The van der Waals surface area contributed by atoms with Crippen molar-refractivity contribution in [3.05, 3.63) is 44.8 Å². The van der Waals surface area contributed by atoms with E-state index in [4.69, 9.17) is 0 Å². The molecule has 0 bridgehead atoms. The van der Waals surface area contributed by atoms with Gasteiger partial charge in [0.1, 0.15) is 0 Å². The maximum Gasteiger partial charge on any atom is 0.191 e. The second-order valence-corrected chi connectivity index (χ2v) is 8.31. The quantitative estimate of drug-likeness (QED) is 0.574. The Bertz CT molecular complexity index is 730. The third-order valence-corrected chi connectivity index (χ3v) is 5.89. The Morgan fingerprint density at radius 2 is 2.28 bits per heavy atom. The molecule has 25 heavy (non-hydrogen) atoms. The standard InChI is InChI=1S/C18H24BrN5S/c1-13-11-22-17(25-13)7-9-21-18(20-2)23-14-8-10-24(12-14)16-6-4-3-5-15(16)19/h3-6,11,14H,7-10,12H2,1-2H3,(H2,20,21,23). The molecular weight excluding hydrogens is 398 g/mol. The number of aryl methyl sites for hydroxylation is 1. The van der Waals surface area contributed by atoms with Gasteiger partial charge >= 0.3 is 0 Å². The van der Waals surface area contributed by atoms with Crippen molar-refractivity contribution in [3.63, 3.8) is 0 Å². The van der Waals surface area contributed by atoms with Crippen molar-refractivity contribution in [3.8, 4) is 0 Å². The number of rotatable bonds is 5. The number of aliphatic imine (C=N–C) groups is 1. The van der Waals surface area contributed by atoms with Crippen molar-refractivity contribution in [1.29, 1.82) is 0 Å². The maximum absolute atomic E-state index is 4.40. The second kappa shape index (κ2) is 8.67. The lowest BCUT2D eigenvalue weighted by atomic mass is 10.2. The van der Waals surface area contributed by atoms with E-state index in [9.17, 15) is 0 Å². The van der Waals surface area contributed by atoms with Gasteiger partial charge < -0.3 is 15.5 Å². The van der Waals surface area contributed by atoms with Gasteiger partial charge in [0.15, 0.2) is 5.96 Å². The number of hydrogen-bond donors (Lipinski definition) is 2. The SMILES string of the molecule is CN=C(NCCc1ncc(C)s1)NC1CCN(c2ccccc2Br)C1. The van der Waals surface area contributed by atoms with E-state index in [2.05, 4.69) is 72.6 Å². The fourth-order valence-corrected chi connectivity index (χ4v) is 4.32. The summed E-state index contributed by atoms with van der Waals surface area (Å²) in [5, 5.41) is 8.11. The lowest BCUT2D eigenvalue weighted by Crippen LogP contribution is -2.45. The lowest BCUT2D eigenvalue weighted by molar-refractivity contribution is 0.648. The fraction of sp³-hybridized carbons (Fsp3) is 0.444. The normalized spacial score (nSPS) is 17.8. The third kappa shape index (κ3) is 4.95. The molecule has 0 spiro atoms. The molecule has 0 aliphatic carbocycles. The van der Waals surface area contributed by atoms with Crippen molar-refractivity contribution >= 4 is 38.9 Å². The molecule has 1 aromatic heterocycles. The molecule has 134 valence electrons. The summed E-state index contributed by atoms with van der Waals surface area (Å²) in [6.07, 6.45) is 3.96. The zero-order valence-corrected chi connectivity index (χ0v) is 17.0. The highest BCUT2D eigenvalue weighted by molar-refractivity contribution is 9.10. The van der Waals surface area contributed by atoms with Crippen LogP contribution in [0.15, 0.2) is 39.9 Å². The molecule has 2 N–H and O–H groups in total. The van der Waals surface area contributed by atoms with E-state index >= 15 is 0 Å². The highest BCUT2D eigenvalue weighted by atomic mass is 79.9. The molecule has 5 nitrogen and oxygen atoms in total. The summed E-state index contributed by atoms with van der Waals surface area (Å²) >= 11 is 5.40. The molecule has 1 atom stereocenters. The van der Waals surface area contributed by atoms with E-state index in [1.807, 2.05) is 13.2 Å². The molecular formula is C18H24BrN5S. The van der Waals surface area contributed by atoms with Gasteiger partial charge in [-0.2, -0.15) is 0 Å². The molecule has 0 amide bonds. The van der Waals surface area contributed by atoms with E-state index in [0.717, 1.165) is 42.9 Å². The van der Waals surface area contributed by atoms with Crippen molar-refractivity contribution in [2.45, 2.75) is 25.8 Å². The number of nitrogens with zero attached hydrogens (tertiary/aromatic N) is 3. The minimum atomic E-state index is 0.403. The molecule has 3 rings (SSSR count). The molecule has 1 unspecified atom stereocenters. The first kappa shape index (κ1) is 18.2. The first-order chi connectivity index (χ1) is 12.2. The van der Waals surface area contributed by atoms with Crippen LogP contribution in [0.25, 0.3) is 0 Å². The van der Waals surface area contributed by atoms with Crippen LogP contribution in [-0.4, -0.2) is 43.7 Å². The molecule has 1 saturated heterocycles. The number of anilines is 1. The summed E-state index contributed by atoms with van der Waals surface area (Å²) in [4.78, 5) is 12.4. The number of aromatic nitrogens is 1. The molecule has 1 aromatic carbocycles. The topological polar surface area (TPSA) is 52.6 Å². The Hall–Kier alpha value is -1.60. The Balaban J connectivity index is 1.47. The van der Waals surface area contributed by atoms with Crippen molar-refractivity contribution < 1.29 is 0 Å². The minimum Gasteiger partial charge on any atom is -0.368 e. The highest BCUT2D eigenvalue weighted by Crippen LogP contribution is 2.28. The predicted molar refractivity (Wildman–Crippen MR) is 110 cm³/mol. The van der Waals surface area contributed by atoms with Gasteiger partial charge in [0.05, 0.1) is 10.7 Å². The van der Waals surface area contributed by atoms with Crippen molar-refractivity contribution in [1.82, 2.24) is 15.6 Å². The molecule has 1 aliphatic heterocycles. The summed E-state index contributed by atoms with van der Waals surface area (Å²) in [6, 6.07) is 8.80. The zero-order chi connectivity index (χ0) is 17.6. The lowest BCUT2D eigenvalue weighted by Gasteiger charge is -2.21.